The highest BCUT2D eigenvalue weighted by atomic mass is 16.1. The Morgan fingerprint density at radius 3 is 2.94 bits per heavy atom. The van der Waals surface area contributed by atoms with Crippen molar-refractivity contribution >= 4 is 11.6 Å². The minimum Gasteiger partial charge on any atom is -0.371 e. The van der Waals surface area contributed by atoms with Crippen LogP contribution in [0, 0.1) is 0 Å². The fourth-order valence-electron chi connectivity index (χ4n) is 2.47. The second-order valence-corrected chi connectivity index (χ2v) is 5.19. The molecule has 2 rings (SSSR count). The van der Waals surface area contributed by atoms with Crippen molar-refractivity contribution in [3.8, 4) is 0 Å². The molecule has 1 N–H and O–H groups in total. The molecule has 1 heterocycles. The Kier molecular flexibility index (Phi) is 4.24. The van der Waals surface area contributed by atoms with E-state index in [9.17, 15) is 4.79 Å². The zero-order valence-corrected chi connectivity index (χ0v) is 11.3. The third kappa shape index (κ3) is 3.25. The molecule has 3 nitrogen and oxygen atoms in total. The molecule has 0 unspecified atom stereocenters. The number of para-hydroxylation sites is 1. The summed E-state index contributed by atoms with van der Waals surface area (Å²) in [6.07, 6.45) is 2.92. The van der Waals surface area contributed by atoms with Gasteiger partial charge < -0.3 is 10.2 Å². The maximum absolute atomic E-state index is 11.7. The number of nitrogens with zero attached hydrogens (tertiary/aromatic N) is 1. The highest BCUT2D eigenvalue weighted by Gasteiger charge is 2.16. The van der Waals surface area contributed by atoms with Crippen molar-refractivity contribution in [2.24, 2.45) is 0 Å². The van der Waals surface area contributed by atoms with Crippen molar-refractivity contribution in [1.82, 2.24) is 5.32 Å². The molecule has 0 spiro atoms. The largest absolute Gasteiger partial charge is 0.371 e. The molecule has 0 fully saturated rings. The number of carbonyl (C=O) groups excluding carboxylic acids is 1. The molecule has 0 saturated carbocycles. The molecule has 0 radical (unpaired) electrons. The zero-order chi connectivity index (χ0) is 13.0. The van der Waals surface area contributed by atoms with Crippen LogP contribution in [0.4, 0.5) is 5.69 Å². The van der Waals surface area contributed by atoms with Crippen LogP contribution >= 0.6 is 0 Å². The molecular formula is C15H22N2O. The first-order valence-electron chi connectivity index (χ1n) is 6.79. The van der Waals surface area contributed by atoms with Gasteiger partial charge in [-0.2, -0.15) is 0 Å². The van der Waals surface area contributed by atoms with Crippen LogP contribution in [-0.2, 0) is 11.2 Å². The number of rotatable bonds is 4. The average Bonchev–Trinajstić information content (AvgIpc) is 2.35. The summed E-state index contributed by atoms with van der Waals surface area (Å²) >= 11 is 0. The number of anilines is 1. The Morgan fingerprint density at radius 1 is 1.39 bits per heavy atom. The molecule has 18 heavy (non-hydrogen) atoms. The fraction of sp³-hybridized carbons (Fsp3) is 0.533. The van der Waals surface area contributed by atoms with Gasteiger partial charge in [-0.25, -0.2) is 0 Å². The van der Waals surface area contributed by atoms with Gasteiger partial charge in [0.2, 0.25) is 5.91 Å². The summed E-state index contributed by atoms with van der Waals surface area (Å²) in [5, 5.41) is 2.94. The van der Waals surface area contributed by atoms with Crippen LogP contribution in [-0.4, -0.2) is 25.0 Å². The summed E-state index contributed by atoms with van der Waals surface area (Å²) in [5.41, 5.74) is 2.72. The van der Waals surface area contributed by atoms with E-state index in [4.69, 9.17) is 0 Å². The number of hydrogen-bond donors (Lipinski definition) is 1. The molecule has 0 bridgehead atoms. The molecule has 1 aliphatic heterocycles. The second-order valence-electron chi connectivity index (χ2n) is 5.19. The summed E-state index contributed by atoms with van der Waals surface area (Å²) < 4.78 is 0. The third-order valence-electron chi connectivity index (χ3n) is 3.26. The lowest BCUT2D eigenvalue weighted by Crippen LogP contribution is -2.36. The molecule has 1 aliphatic rings. The van der Waals surface area contributed by atoms with Gasteiger partial charge in [0.1, 0.15) is 0 Å². The zero-order valence-electron chi connectivity index (χ0n) is 11.3. The Labute approximate surface area is 109 Å². The first kappa shape index (κ1) is 12.9. The molecule has 0 saturated heterocycles. The number of carbonyl (C=O) groups is 1. The van der Waals surface area contributed by atoms with E-state index in [0.29, 0.717) is 6.42 Å². The van der Waals surface area contributed by atoms with E-state index in [1.54, 1.807) is 0 Å². The van der Waals surface area contributed by atoms with E-state index < -0.39 is 0 Å². The van der Waals surface area contributed by atoms with Gasteiger partial charge >= 0.3 is 0 Å². The minimum atomic E-state index is 0.146. The molecule has 1 aromatic carbocycles. The number of amides is 1. The predicted octanol–water partition coefficient (Wildman–Crippen LogP) is 2.35. The smallest absolute Gasteiger partial charge is 0.221 e. The number of aryl methyl sites for hydroxylation is 1. The number of nitrogens with one attached hydrogen (secondary N) is 1. The average molecular weight is 246 g/mol. The van der Waals surface area contributed by atoms with Crippen molar-refractivity contribution in [2.75, 3.05) is 18.0 Å². The van der Waals surface area contributed by atoms with Gasteiger partial charge in [0.05, 0.1) is 0 Å². The van der Waals surface area contributed by atoms with Crippen molar-refractivity contribution in [3.05, 3.63) is 29.8 Å². The highest BCUT2D eigenvalue weighted by Crippen LogP contribution is 2.26. The Balaban J connectivity index is 1.93. The molecule has 0 atom stereocenters. The lowest BCUT2D eigenvalue weighted by molar-refractivity contribution is -0.121. The molecule has 1 aromatic rings. The summed E-state index contributed by atoms with van der Waals surface area (Å²) in [6.45, 7) is 5.86. The summed E-state index contributed by atoms with van der Waals surface area (Å²) in [4.78, 5) is 14.0. The van der Waals surface area contributed by atoms with Gasteiger partial charge in [-0.1, -0.05) is 18.2 Å². The van der Waals surface area contributed by atoms with E-state index in [0.717, 1.165) is 19.5 Å². The quantitative estimate of drug-likeness (QED) is 0.884. The SMILES string of the molecule is CC(C)NC(=O)CCN1CCCc2ccccc21. The molecule has 3 heteroatoms. The van der Waals surface area contributed by atoms with Crippen LogP contribution in [0.3, 0.4) is 0 Å². The Hall–Kier alpha value is -1.51. The Morgan fingerprint density at radius 2 is 2.17 bits per heavy atom. The van der Waals surface area contributed by atoms with Crippen LogP contribution in [0.2, 0.25) is 0 Å². The maximum Gasteiger partial charge on any atom is 0.221 e. The first-order chi connectivity index (χ1) is 8.66. The molecule has 0 aliphatic carbocycles. The van der Waals surface area contributed by atoms with Crippen molar-refractivity contribution in [2.45, 2.75) is 39.2 Å². The van der Waals surface area contributed by atoms with E-state index in [1.807, 2.05) is 13.8 Å². The van der Waals surface area contributed by atoms with E-state index in [2.05, 4.69) is 34.5 Å². The van der Waals surface area contributed by atoms with E-state index in [1.165, 1.54) is 17.7 Å². The van der Waals surface area contributed by atoms with E-state index in [-0.39, 0.29) is 11.9 Å². The van der Waals surface area contributed by atoms with Crippen molar-refractivity contribution in [3.63, 3.8) is 0 Å². The van der Waals surface area contributed by atoms with Gasteiger partial charge in [0.25, 0.3) is 0 Å². The summed E-state index contributed by atoms with van der Waals surface area (Å²) in [5.74, 6) is 0.146. The van der Waals surface area contributed by atoms with Gasteiger partial charge in [-0.3, -0.25) is 4.79 Å². The topological polar surface area (TPSA) is 32.3 Å². The van der Waals surface area contributed by atoms with Gasteiger partial charge in [-0.05, 0) is 38.3 Å². The van der Waals surface area contributed by atoms with Crippen LogP contribution < -0.4 is 10.2 Å². The Bertz CT molecular complexity index is 415. The highest BCUT2D eigenvalue weighted by molar-refractivity contribution is 5.77. The van der Waals surface area contributed by atoms with Crippen molar-refractivity contribution < 1.29 is 4.79 Å². The predicted molar refractivity (Wildman–Crippen MR) is 74.9 cm³/mol. The maximum atomic E-state index is 11.7. The minimum absolute atomic E-state index is 0.146. The molecule has 1 amide bonds. The number of fused-ring (bicyclic) bond motifs is 1. The number of hydrogen-bond acceptors (Lipinski definition) is 2. The lowest BCUT2D eigenvalue weighted by Gasteiger charge is -2.31. The van der Waals surface area contributed by atoms with Crippen LogP contribution in [0.15, 0.2) is 24.3 Å². The third-order valence-corrected chi connectivity index (χ3v) is 3.26. The molecule has 98 valence electrons. The second kappa shape index (κ2) is 5.89. The summed E-state index contributed by atoms with van der Waals surface area (Å²) in [7, 11) is 0. The summed E-state index contributed by atoms with van der Waals surface area (Å²) in [6, 6.07) is 8.75. The lowest BCUT2D eigenvalue weighted by atomic mass is 10.0. The van der Waals surface area contributed by atoms with Gasteiger partial charge in [-0.15, -0.1) is 0 Å². The normalized spacial score (nSPS) is 14.5. The van der Waals surface area contributed by atoms with Crippen LogP contribution in [0.25, 0.3) is 0 Å². The number of benzene rings is 1. The molecule has 0 aromatic heterocycles. The fourth-order valence-corrected chi connectivity index (χ4v) is 2.47. The first-order valence-corrected chi connectivity index (χ1v) is 6.79. The van der Waals surface area contributed by atoms with Gasteiger partial charge in [0.15, 0.2) is 0 Å². The van der Waals surface area contributed by atoms with Crippen molar-refractivity contribution in [1.29, 1.82) is 0 Å². The molecular weight excluding hydrogens is 224 g/mol. The van der Waals surface area contributed by atoms with Gasteiger partial charge in [0, 0.05) is 31.2 Å². The van der Waals surface area contributed by atoms with Crippen LogP contribution in [0.1, 0.15) is 32.3 Å². The standard InChI is InChI=1S/C15H22N2O/c1-12(2)16-15(18)9-11-17-10-5-7-13-6-3-4-8-14(13)17/h3-4,6,8,12H,5,7,9-11H2,1-2H3,(H,16,18). The van der Waals surface area contributed by atoms with Crippen LogP contribution in [0.5, 0.6) is 0 Å². The van der Waals surface area contributed by atoms with E-state index >= 15 is 0 Å². The monoisotopic (exact) mass is 246 g/mol.